The second-order valence-corrected chi connectivity index (χ2v) is 6.94. The Balaban J connectivity index is 2.33. The zero-order valence-corrected chi connectivity index (χ0v) is 14.8. The summed E-state index contributed by atoms with van der Waals surface area (Å²) >= 11 is 0. The minimum Gasteiger partial charge on any atom is -0.310 e. The molecule has 0 heterocycles. The summed E-state index contributed by atoms with van der Waals surface area (Å²) in [6, 6.07) is 10.2. The van der Waals surface area contributed by atoms with Gasteiger partial charge in [-0.3, -0.25) is 0 Å². The van der Waals surface area contributed by atoms with Crippen LogP contribution in [-0.2, 0) is 6.42 Å². The summed E-state index contributed by atoms with van der Waals surface area (Å²) in [5.41, 5.74) is 2.83. The van der Waals surface area contributed by atoms with Gasteiger partial charge in [-0.2, -0.15) is 0 Å². The predicted octanol–water partition coefficient (Wildman–Crippen LogP) is 4.27. The van der Waals surface area contributed by atoms with E-state index in [0.717, 1.165) is 19.0 Å². The van der Waals surface area contributed by atoms with Gasteiger partial charge in [0.2, 0.25) is 0 Å². The van der Waals surface area contributed by atoms with Gasteiger partial charge >= 0.3 is 0 Å². The quantitative estimate of drug-likeness (QED) is 0.683. The van der Waals surface area contributed by atoms with Crippen LogP contribution >= 0.6 is 0 Å². The molecule has 0 amide bonds. The molecule has 2 nitrogen and oxygen atoms in total. The lowest BCUT2D eigenvalue weighted by molar-refractivity contribution is 0.268. The highest BCUT2D eigenvalue weighted by molar-refractivity contribution is 5.25. The van der Waals surface area contributed by atoms with Crippen molar-refractivity contribution in [2.75, 3.05) is 20.1 Å². The third-order valence-corrected chi connectivity index (χ3v) is 4.14. The fourth-order valence-electron chi connectivity index (χ4n) is 2.44. The first kappa shape index (κ1) is 18.2. The molecule has 1 atom stereocenters. The van der Waals surface area contributed by atoms with E-state index in [1.165, 1.54) is 24.0 Å². The lowest BCUT2D eigenvalue weighted by Gasteiger charge is -2.21. The number of hydrogen-bond donors (Lipinski definition) is 1. The maximum atomic E-state index is 3.63. The molecule has 1 unspecified atom stereocenters. The van der Waals surface area contributed by atoms with Crippen molar-refractivity contribution in [3.8, 4) is 0 Å². The Morgan fingerprint density at radius 3 is 2.14 bits per heavy atom. The van der Waals surface area contributed by atoms with Crippen molar-refractivity contribution < 1.29 is 0 Å². The van der Waals surface area contributed by atoms with E-state index in [2.05, 4.69) is 76.1 Å². The molecule has 0 fully saturated rings. The van der Waals surface area contributed by atoms with Crippen LogP contribution in [0.1, 0.15) is 58.2 Å². The number of nitrogens with one attached hydrogen (secondary N) is 1. The summed E-state index contributed by atoms with van der Waals surface area (Å²) in [6.45, 7) is 13.5. The predicted molar refractivity (Wildman–Crippen MR) is 93.8 cm³/mol. The Bertz CT molecular complexity index is 381. The smallest absolute Gasteiger partial charge is 0.0291 e. The van der Waals surface area contributed by atoms with Crippen LogP contribution in [0, 0.1) is 5.92 Å². The zero-order chi connectivity index (χ0) is 15.8. The Morgan fingerprint density at radius 1 is 1.00 bits per heavy atom. The molecule has 0 saturated heterocycles. The number of hydrogen-bond acceptors (Lipinski definition) is 2. The summed E-state index contributed by atoms with van der Waals surface area (Å²) < 4.78 is 0. The van der Waals surface area contributed by atoms with Gasteiger partial charge in [0.15, 0.2) is 0 Å². The third kappa shape index (κ3) is 7.10. The van der Waals surface area contributed by atoms with Crippen molar-refractivity contribution in [2.45, 2.75) is 59.5 Å². The molecule has 1 aromatic rings. The van der Waals surface area contributed by atoms with E-state index in [0.29, 0.717) is 12.1 Å². The van der Waals surface area contributed by atoms with E-state index in [-0.39, 0.29) is 0 Å². The fraction of sp³-hybridized carbons (Fsp3) is 0.684. The molecule has 0 aliphatic carbocycles. The molecule has 21 heavy (non-hydrogen) atoms. The monoisotopic (exact) mass is 290 g/mol. The molecule has 0 bridgehead atoms. The van der Waals surface area contributed by atoms with Gasteiger partial charge in [0.1, 0.15) is 0 Å². The Labute approximate surface area is 131 Å². The van der Waals surface area contributed by atoms with Gasteiger partial charge in [0.05, 0.1) is 0 Å². The van der Waals surface area contributed by atoms with Crippen LogP contribution < -0.4 is 5.32 Å². The van der Waals surface area contributed by atoms with Crippen LogP contribution in [0.15, 0.2) is 24.3 Å². The summed E-state index contributed by atoms with van der Waals surface area (Å²) in [6.07, 6.45) is 2.37. The Morgan fingerprint density at radius 2 is 1.62 bits per heavy atom. The molecule has 0 aromatic heterocycles. The number of rotatable bonds is 9. The summed E-state index contributed by atoms with van der Waals surface area (Å²) in [4.78, 5) is 2.40. The first-order valence-corrected chi connectivity index (χ1v) is 8.42. The van der Waals surface area contributed by atoms with E-state index in [1.807, 2.05) is 0 Å². The fourth-order valence-corrected chi connectivity index (χ4v) is 2.44. The first-order chi connectivity index (χ1) is 9.90. The molecule has 0 spiro atoms. The maximum absolute atomic E-state index is 3.63. The highest BCUT2D eigenvalue weighted by Crippen LogP contribution is 2.15. The van der Waals surface area contributed by atoms with Gasteiger partial charge in [0, 0.05) is 12.1 Å². The molecule has 1 rings (SSSR count). The minimum absolute atomic E-state index is 0.433. The summed E-state index contributed by atoms with van der Waals surface area (Å²) in [5, 5.41) is 3.63. The lowest BCUT2D eigenvalue weighted by Crippen LogP contribution is -2.30. The van der Waals surface area contributed by atoms with Crippen molar-refractivity contribution >= 4 is 0 Å². The van der Waals surface area contributed by atoms with Gasteiger partial charge in [-0.1, -0.05) is 38.1 Å². The third-order valence-electron chi connectivity index (χ3n) is 4.14. The highest BCUT2D eigenvalue weighted by Gasteiger charge is 2.06. The second-order valence-electron chi connectivity index (χ2n) is 6.94. The molecule has 0 aliphatic rings. The van der Waals surface area contributed by atoms with Gasteiger partial charge in [-0.25, -0.2) is 0 Å². The molecule has 2 heteroatoms. The maximum Gasteiger partial charge on any atom is 0.0291 e. The van der Waals surface area contributed by atoms with E-state index in [1.54, 1.807) is 0 Å². The molecule has 120 valence electrons. The van der Waals surface area contributed by atoms with Crippen LogP contribution in [0.4, 0.5) is 0 Å². The van der Waals surface area contributed by atoms with E-state index >= 15 is 0 Å². The summed E-state index contributed by atoms with van der Waals surface area (Å²) in [5.74, 6) is 0.726. The largest absolute Gasteiger partial charge is 0.310 e. The van der Waals surface area contributed by atoms with Gasteiger partial charge < -0.3 is 10.2 Å². The molecule has 0 radical (unpaired) electrons. The van der Waals surface area contributed by atoms with E-state index in [9.17, 15) is 0 Å². The zero-order valence-electron chi connectivity index (χ0n) is 14.8. The van der Waals surface area contributed by atoms with Crippen molar-refractivity contribution in [2.24, 2.45) is 5.92 Å². The van der Waals surface area contributed by atoms with Crippen LogP contribution in [0.5, 0.6) is 0 Å². The van der Waals surface area contributed by atoms with Crippen LogP contribution in [-0.4, -0.2) is 31.1 Å². The summed E-state index contributed by atoms with van der Waals surface area (Å²) in [7, 11) is 2.20. The average molecular weight is 290 g/mol. The van der Waals surface area contributed by atoms with Gasteiger partial charge in [0.25, 0.3) is 0 Å². The van der Waals surface area contributed by atoms with Crippen molar-refractivity contribution in [3.05, 3.63) is 35.4 Å². The average Bonchev–Trinajstić information content (AvgIpc) is 2.43. The molecule has 0 saturated carbocycles. The lowest BCUT2D eigenvalue weighted by atomic mass is 10.00. The van der Waals surface area contributed by atoms with Crippen molar-refractivity contribution in [1.82, 2.24) is 10.2 Å². The second kappa shape index (κ2) is 9.22. The normalized spacial score (nSPS) is 13.4. The number of nitrogens with zero attached hydrogens (tertiary/aromatic N) is 1. The van der Waals surface area contributed by atoms with Crippen LogP contribution in [0.2, 0.25) is 0 Å². The van der Waals surface area contributed by atoms with Crippen LogP contribution in [0.3, 0.4) is 0 Å². The highest BCUT2D eigenvalue weighted by atomic mass is 15.1. The number of benzene rings is 1. The standard InChI is InChI=1S/C19H34N2/c1-15(2)14-18-8-10-19(11-9-18)17(5)20-12-7-13-21(6)16(3)4/h8-11,15-17,20H,7,12-14H2,1-6H3. The Kier molecular flexibility index (Phi) is 7.98. The van der Waals surface area contributed by atoms with Gasteiger partial charge in [-0.05, 0) is 70.8 Å². The van der Waals surface area contributed by atoms with Crippen LogP contribution in [0.25, 0.3) is 0 Å². The van der Waals surface area contributed by atoms with Gasteiger partial charge in [-0.15, -0.1) is 0 Å². The molecule has 0 aliphatic heterocycles. The van der Waals surface area contributed by atoms with Crippen molar-refractivity contribution in [3.63, 3.8) is 0 Å². The molecular weight excluding hydrogens is 256 g/mol. The first-order valence-electron chi connectivity index (χ1n) is 8.42. The minimum atomic E-state index is 0.433. The topological polar surface area (TPSA) is 15.3 Å². The molecular formula is C19H34N2. The molecule has 1 N–H and O–H groups in total. The Hall–Kier alpha value is -0.860. The molecule has 1 aromatic carbocycles. The SMILES string of the molecule is CC(C)Cc1ccc(C(C)NCCCN(C)C(C)C)cc1. The van der Waals surface area contributed by atoms with E-state index in [4.69, 9.17) is 0 Å². The van der Waals surface area contributed by atoms with E-state index < -0.39 is 0 Å². The van der Waals surface area contributed by atoms with Crippen molar-refractivity contribution in [1.29, 1.82) is 0 Å².